The van der Waals surface area contributed by atoms with Crippen LogP contribution >= 0.6 is 0 Å². The van der Waals surface area contributed by atoms with Crippen LogP contribution in [0.4, 0.5) is 10.5 Å². The summed E-state index contributed by atoms with van der Waals surface area (Å²) in [5, 5.41) is 2.67. The molecule has 0 bridgehead atoms. The molecule has 1 aromatic carbocycles. The number of fused-ring (bicyclic) bond motifs is 1. The van der Waals surface area contributed by atoms with E-state index in [1.54, 1.807) is 9.80 Å². The molecule has 0 aromatic heterocycles. The first kappa shape index (κ1) is 16.7. The van der Waals surface area contributed by atoms with Crippen LogP contribution < -0.4 is 15.0 Å². The van der Waals surface area contributed by atoms with Gasteiger partial charge < -0.3 is 24.6 Å². The summed E-state index contributed by atoms with van der Waals surface area (Å²) in [6.07, 6.45) is 1.34. The number of piperidine rings is 1. The minimum atomic E-state index is -0.605. The van der Waals surface area contributed by atoms with E-state index in [2.05, 4.69) is 5.32 Å². The fraction of sp³-hybridized carbons (Fsp3) is 0.500. The van der Waals surface area contributed by atoms with Gasteiger partial charge in [0.25, 0.3) is 5.91 Å². The van der Waals surface area contributed by atoms with Gasteiger partial charge in [0.05, 0.1) is 18.8 Å². The number of carbonyl (C=O) groups is 3. The molecule has 1 aromatic rings. The maximum Gasteiger partial charge on any atom is 0.407 e. The van der Waals surface area contributed by atoms with E-state index in [9.17, 15) is 14.4 Å². The van der Waals surface area contributed by atoms with Crippen molar-refractivity contribution in [1.82, 2.24) is 10.2 Å². The van der Waals surface area contributed by atoms with E-state index in [4.69, 9.17) is 9.47 Å². The summed E-state index contributed by atoms with van der Waals surface area (Å²) in [4.78, 5) is 39.6. The molecule has 8 heteroatoms. The average Bonchev–Trinajstić information content (AvgIpc) is 3.00. The number of amides is 3. The van der Waals surface area contributed by atoms with E-state index in [-0.39, 0.29) is 24.8 Å². The molecule has 8 nitrogen and oxygen atoms in total. The Hall–Kier alpha value is -2.77. The molecule has 0 unspecified atom stereocenters. The number of rotatable bonds is 3. The maximum absolute atomic E-state index is 12.7. The van der Waals surface area contributed by atoms with Crippen molar-refractivity contribution in [2.24, 2.45) is 0 Å². The van der Waals surface area contributed by atoms with Crippen LogP contribution in [-0.2, 0) is 14.3 Å². The zero-order valence-corrected chi connectivity index (χ0v) is 14.4. The molecule has 138 valence electrons. The Morgan fingerprint density at radius 2 is 2.12 bits per heavy atom. The fourth-order valence-electron chi connectivity index (χ4n) is 3.81. The van der Waals surface area contributed by atoms with E-state index in [1.165, 1.54) is 0 Å². The number of nitrogens with one attached hydrogen (secondary N) is 1. The van der Waals surface area contributed by atoms with Gasteiger partial charge in [-0.2, -0.15) is 0 Å². The minimum Gasteiger partial charge on any atom is -0.482 e. The molecule has 2 fully saturated rings. The molecule has 3 heterocycles. The first-order chi connectivity index (χ1) is 12.6. The van der Waals surface area contributed by atoms with E-state index in [0.717, 1.165) is 12.8 Å². The number of ether oxygens (including phenoxy) is 2. The largest absolute Gasteiger partial charge is 0.482 e. The molecule has 1 spiro atoms. The second-order valence-electron chi connectivity index (χ2n) is 6.90. The van der Waals surface area contributed by atoms with Gasteiger partial charge in [0.2, 0.25) is 5.91 Å². The second kappa shape index (κ2) is 6.51. The molecule has 4 rings (SSSR count). The molecule has 1 atom stereocenters. The average molecular weight is 359 g/mol. The fourth-order valence-corrected chi connectivity index (χ4v) is 3.81. The van der Waals surface area contributed by atoms with Gasteiger partial charge in [-0.25, -0.2) is 4.79 Å². The molecular weight excluding hydrogens is 338 g/mol. The highest BCUT2D eigenvalue weighted by molar-refractivity contribution is 5.98. The lowest BCUT2D eigenvalue weighted by atomic mass is 9.93. The van der Waals surface area contributed by atoms with Crippen LogP contribution in [0.15, 0.2) is 24.3 Å². The molecule has 0 aliphatic carbocycles. The third-order valence-corrected chi connectivity index (χ3v) is 5.11. The van der Waals surface area contributed by atoms with Crippen molar-refractivity contribution < 1.29 is 23.9 Å². The van der Waals surface area contributed by atoms with Crippen LogP contribution in [-0.4, -0.2) is 61.2 Å². The zero-order chi connectivity index (χ0) is 18.1. The molecule has 3 aliphatic heterocycles. The summed E-state index contributed by atoms with van der Waals surface area (Å²) in [7, 11) is 0. The molecular formula is C18H21N3O5. The highest BCUT2D eigenvalue weighted by atomic mass is 16.6. The van der Waals surface area contributed by atoms with E-state index < -0.39 is 11.7 Å². The van der Waals surface area contributed by atoms with Crippen LogP contribution in [0.5, 0.6) is 5.75 Å². The Bertz CT molecular complexity index is 752. The summed E-state index contributed by atoms with van der Waals surface area (Å²) in [5.41, 5.74) is 0.0902. The highest BCUT2D eigenvalue weighted by Crippen LogP contribution is 2.32. The number of anilines is 1. The third-order valence-electron chi connectivity index (χ3n) is 5.11. The Balaban J connectivity index is 1.40. The van der Waals surface area contributed by atoms with Gasteiger partial charge in [-0.05, 0) is 25.0 Å². The van der Waals surface area contributed by atoms with Crippen LogP contribution in [0, 0.1) is 0 Å². The molecule has 2 saturated heterocycles. The number of para-hydroxylation sites is 2. The zero-order valence-electron chi connectivity index (χ0n) is 14.4. The van der Waals surface area contributed by atoms with E-state index in [1.807, 2.05) is 24.3 Å². The van der Waals surface area contributed by atoms with Crippen LogP contribution in [0.1, 0.15) is 19.3 Å². The number of nitrogens with zero attached hydrogens (tertiary/aromatic N) is 2. The van der Waals surface area contributed by atoms with E-state index in [0.29, 0.717) is 37.6 Å². The molecule has 0 saturated carbocycles. The third kappa shape index (κ3) is 3.07. The summed E-state index contributed by atoms with van der Waals surface area (Å²) in [6, 6.07) is 7.32. The minimum absolute atomic E-state index is 0.0142. The lowest BCUT2D eigenvalue weighted by Gasteiger charge is -2.38. The molecule has 1 N–H and O–H groups in total. The summed E-state index contributed by atoms with van der Waals surface area (Å²) in [5.74, 6) is 0.463. The number of hydrogen-bond donors (Lipinski definition) is 1. The Morgan fingerprint density at radius 1 is 1.27 bits per heavy atom. The van der Waals surface area contributed by atoms with Crippen molar-refractivity contribution in [3.05, 3.63) is 24.3 Å². The number of carbonyl (C=O) groups excluding carboxylic acids is 3. The van der Waals surface area contributed by atoms with E-state index >= 15 is 0 Å². The predicted octanol–water partition coefficient (Wildman–Crippen LogP) is 0.903. The van der Waals surface area contributed by atoms with Gasteiger partial charge in [0.1, 0.15) is 11.4 Å². The SMILES string of the molecule is O=C1NC[C@]2(CCCN(C(=O)CCN3C(=O)COc4ccccc43)C2)O1. The van der Waals surface area contributed by atoms with Crippen molar-refractivity contribution in [3.63, 3.8) is 0 Å². The van der Waals surface area contributed by atoms with Crippen LogP contribution in [0.25, 0.3) is 0 Å². The summed E-state index contributed by atoms with van der Waals surface area (Å²) < 4.78 is 10.8. The second-order valence-corrected chi connectivity index (χ2v) is 6.90. The normalized spacial score (nSPS) is 24.8. The van der Waals surface area contributed by atoms with Crippen molar-refractivity contribution in [2.75, 3.05) is 37.7 Å². The Kier molecular flexibility index (Phi) is 4.18. The van der Waals surface area contributed by atoms with Crippen molar-refractivity contribution in [2.45, 2.75) is 24.9 Å². The number of alkyl carbamates (subject to hydrolysis) is 1. The predicted molar refractivity (Wildman–Crippen MR) is 91.9 cm³/mol. The van der Waals surface area contributed by atoms with Gasteiger partial charge in [-0.3, -0.25) is 9.59 Å². The number of likely N-dealkylation sites (tertiary alicyclic amines) is 1. The Morgan fingerprint density at radius 3 is 2.92 bits per heavy atom. The standard InChI is InChI=1S/C18H21N3O5/c22-15(20-8-3-7-18(12-20)11-19-17(24)26-18)6-9-21-13-4-1-2-5-14(13)25-10-16(21)23/h1-2,4-5H,3,6-12H2,(H,19,24)/t18-/m0/s1. The molecule has 3 amide bonds. The maximum atomic E-state index is 12.7. The summed E-state index contributed by atoms with van der Waals surface area (Å²) >= 11 is 0. The van der Waals surface area contributed by atoms with Gasteiger partial charge >= 0.3 is 6.09 Å². The smallest absolute Gasteiger partial charge is 0.407 e. The van der Waals surface area contributed by atoms with Gasteiger partial charge in [-0.1, -0.05) is 12.1 Å². The summed E-state index contributed by atoms with van der Waals surface area (Å²) in [6.45, 7) is 1.77. The highest BCUT2D eigenvalue weighted by Gasteiger charge is 2.44. The van der Waals surface area contributed by atoms with Gasteiger partial charge in [0, 0.05) is 19.5 Å². The quantitative estimate of drug-likeness (QED) is 0.866. The Labute approximate surface area is 151 Å². The van der Waals surface area contributed by atoms with Gasteiger partial charge in [0.15, 0.2) is 6.61 Å². The number of hydrogen-bond acceptors (Lipinski definition) is 5. The molecule has 3 aliphatic rings. The molecule has 26 heavy (non-hydrogen) atoms. The van der Waals surface area contributed by atoms with Crippen molar-refractivity contribution in [3.8, 4) is 5.75 Å². The molecule has 0 radical (unpaired) electrons. The van der Waals surface area contributed by atoms with Crippen LogP contribution in [0.2, 0.25) is 0 Å². The van der Waals surface area contributed by atoms with Crippen molar-refractivity contribution in [1.29, 1.82) is 0 Å². The lowest BCUT2D eigenvalue weighted by molar-refractivity contribution is -0.136. The van der Waals surface area contributed by atoms with Crippen molar-refractivity contribution >= 4 is 23.6 Å². The number of benzene rings is 1. The monoisotopic (exact) mass is 359 g/mol. The van der Waals surface area contributed by atoms with Gasteiger partial charge in [-0.15, -0.1) is 0 Å². The first-order valence-electron chi connectivity index (χ1n) is 8.83. The topological polar surface area (TPSA) is 88.2 Å². The van der Waals surface area contributed by atoms with Crippen LogP contribution in [0.3, 0.4) is 0 Å². The first-order valence-corrected chi connectivity index (χ1v) is 8.83. The lowest BCUT2D eigenvalue weighted by Crippen LogP contribution is -2.52.